The van der Waals surface area contributed by atoms with E-state index in [4.69, 9.17) is 4.74 Å². The molecular formula is C15H28N4O. The monoisotopic (exact) mass is 280 g/mol. The maximum atomic E-state index is 5.55. The van der Waals surface area contributed by atoms with E-state index >= 15 is 0 Å². The molecular weight excluding hydrogens is 252 g/mol. The van der Waals surface area contributed by atoms with Crippen LogP contribution in [0.15, 0.2) is 6.20 Å². The highest BCUT2D eigenvalue weighted by Crippen LogP contribution is 2.38. The van der Waals surface area contributed by atoms with E-state index in [0.29, 0.717) is 12.0 Å². The highest BCUT2D eigenvalue weighted by atomic mass is 16.5. The van der Waals surface area contributed by atoms with Gasteiger partial charge in [0.15, 0.2) is 5.75 Å². The van der Waals surface area contributed by atoms with Gasteiger partial charge < -0.3 is 15.0 Å². The van der Waals surface area contributed by atoms with Gasteiger partial charge in [0.25, 0.3) is 0 Å². The lowest BCUT2D eigenvalue weighted by atomic mass is 9.98. The fourth-order valence-corrected chi connectivity index (χ4v) is 3.18. The van der Waals surface area contributed by atoms with Crippen molar-refractivity contribution in [3.05, 3.63) is 11.9 Å². The Bertz CT molecular complexity index is 416. The molecule has 1 saturated carbocycles. The predicted molar refractivity (Wildman–Crippen MR) is 81.4 cm³/mol. The number of likely N-dealkylation sites (N-methyl/N-ethyl adjacent to an activating group) is 2. The van der Waals surface area contributed by atoms with Crippen LogP contribution in [-0.2, 0) is 6.54 Å². The van der Waals surface area contributed by atoms with Gasteiger partial charge in [0.05, 0.1) is 25.5 Å². The maximum absolute atomic E-state index is 5.55. The van der Waals surface area contributed by atoms with Crippen molar-refractivity contribution in [1.29, 1.82) is 0 Å². The van der Waals surface area contributed by atoms with Gasteiger partial charge in [0, 0.05) is 18.5 Å². The predicted octanol–water partition coefficient (Wildman–Crippen LogP) is 1.70. The fourth-order valence-electron chi connectivity index (χ4n) is 3.18. The Hall–Kier alpha value is -1.07. The molecule has 0 spiro atoms. The minimum Gasteiger partial charge on any atom is -0.493 e. The second kappa shape index (κ2) is 7.09. The van der Waals surface area contributed by atoms with Gasteiger partial charge >= 0.3 is 0 Å². The summed E-state index contributed by atoms with van der Waals surface area (Å²) in [5, 5.41) is 8.15. The van der Waals surface area contributed by atoms with Gasteiger partial charge in [0.2, 0.25) is 0 Å². The Morgan fingerprint density at radius 2 is 2.25 bits per heavy atom. The van der Waals surface area contributed by atoms with Crippen molar-refractivity contribution in [2.75, 3.05) is 34.3 Å². The van der Waals surface area contributed by atoms with E-state index < -0.39 is 0 Å². The van der Waals surface area contributed by atoms with E-state index in [0.717, 1.165) is 25.4 Å². The molecule has 1 heterocycles. The molecule has 0 aromatic carbocycles. The highest BCUT2D eigenvalue weighted by molar-refractivity contribution is 5.31. The molecule has 2 unspecified atom stereocenters. The molecule has 5 nitrogen and oxygen atoms in total. The number of ether oxygens (including phenoxy) is 1. The average molecular weight is 280 g/mol. The Morgan fingerprint density at radius 1 is 1.45 bits per heavy atom. The topological polar surface area (TPSA) is 42.3 Å². The van der Waals surface area contributed by atoms with E-state index in [1.807, 2.05) is 6.20 Å². The van der Waals surface area contributed by atoms with Crippen molar-refractivity contribution < 1.29 is 4.74 Å². The molecule has 0 saturated heterocycles. The maximum Gasteiger partial charge on any atom is 0.160 e. The van der Waals surface area contributed by atoms with E-state index in [2.05, 4.69) is 41.0 Å². The van der Waals surface area contributed by atoms with Crippen LogP contribution in [-0.4, -0.2) is 55.0 Å². The lowest BCUT2D eigenvalue weighted by Gasteiger charge is -2.23. The summed E-state index contributed by atoms with van der Waals surface area (Å²) in [7, 11) is 5.93. The highest BCUT2D eigenvalue weighted by Gasteiger charge is 2.33. The molecule has 1 aromatic heterocycles. The zero-order valence-corrected chi connectivity index (χ0v) is 13.2. The van der Waals surface area contributed by atoms with Gasteiger partial charge in [-0.15, -0.1) is 0 Å². The molecule has 20 heavy (non-hydrogen) atoms. The van der Waals surface area contributed by atoms with Crippen molar-refractivity contribution in [3.63, 3.8) is 0 Å². The third-order valence-corrected chi connectivity index (χ3v) is 4.16. The smallest absolute Gasteiger partial charge is 0.160 e. The van der Waals surface area contributed by atoms with Crippen LogP contribution in [0.2, 0.25) is 0 Å². The van der Waals surface area contributed by atoms with Crippen LogP contribution in [0.3, 0.4) is 0 Å². The molecule has 0 radical (unpaired) electrons. The lowest BCUT2D eigenvalue weighted by molar-refractivity contribution is 0.354. The minimum atomic E-state index is 0.523. The van der Waals surface area contributed by atoms with Gasteiger partial charge in [-0.3, -0.25) is 4.68 Å². The van der Waals surface area contributed by atoms with E-state index in [1.165, 1.54) is 25.0 Å². The molecule has 2 rings (SSSR count). The molecule has 1 aliphatic rings. The summed E-state index contributed by atoms with van der Waals surface area (Å²) < 4.78 is 7.69. The lowest BCUT2D eigenvalue weighted by Crippen LogP contribution is -2.32. The first-order chi connectivity index (χ1) is 9.67. The number of nitrogens with one attached hydrogen (secondary N) is 1. The van der Waals surface area contributed by atoms with Crippen molar-refractivity contribution in [1.82, 2.24) is 20.0 Å². The first-order valence-corrected chi connectivity index (χ1v) is 7.65. The third kappa shape index (κ3) is 3.33. The van der Waals surface area contributed by atoms with Crippen molar-refractivity contribution in [2.24, 2.45) is 0 Å². The van der Waals surface area contributed by atoms with Crippen LogP contribution in [0.5, 0.6) is 5.75 Å². The quantitative estimate of drug-likeness (QED) is 0.825. The van der Waals surface area contributed by atoms with Gasteiger partial charge in [0.1, 0.15) is 0 Å². The van der Waals surface area contributed by atoms with Crippen LogP contribution >= 0.6 is 0 Å². The standard InChI is InChI=1S/C15H28N4O/c1-5-16-13-8-6-7-12(13)15-14(20-4)11-17-19(15)10-9-18(2)3/h11-13,16H,5-10H2,1-4H3. The fraction of sp³-hybridized carbons (Fsp3) is 0.800. The van der Waals surface area contributed by atoms with Gasteiger partial charge in [-0.1, -0.05) is 13.3 Å². The molecule has 2 atom stereocenters. The van der Waals surface area contributed by atoms with Gasteiger partial charge in [-0.25, -0.2) is 0 Å². The second-order valence-electron chi connectivity index (χ2n) is 5.83. The first-order valence-electron chi connectivity index (χ1n) is 7.65. The average Bonchev–Trinajstić information content (AvgIpc) is 3.02. The Balaban J connectivity index is 2.21. The summed E-state index contributed by atoms with van der Waals surface area (Å²) in [6.07, 6.45) is 5.62. The SMILES string of the molecule is CCNC1CCCC1c1c(OC)cnn1CCN(C)C. The molecule has 1 aromatic rings. The number of methoxy groups -OCH3 is 1. The number of aromatic nitrogens is 2. The van der Waals surface area contributed by atoms with Crippen LogP contribution < -0.4 is 10.1 Å². The molecule has 114 valence electrons. The zero-order valence-electron chi connectivity index (χ0n) is 13.2. The second-order valence-corrected chi connectivity index (χ2v) is 5.83. The summed E-state index contributed by atoms with van der Waals surface area (Å²) >= 11 is 0. The molecule has 0 bridgehead atoms. The Labute approximate surface area is 122 Å². The van der Waals surface area contributed by atoms with E-state index in [-0.39, 0.29) is 0 Å². The summed E-state index contributed by atoms with van der Waals surface area (Å²) in [4.78, 5) is 2.19. The van der Waals surface area contributed by atoms with Crippen LogP contribution in [0.4, 0.5) is 0 Å². The third-order valence-electron chi connectivity index (χ3n) is 4.16. The number of nitrogens with zero attached hydrogens (tertiary/aromatic N) is 3. The molecule has 1 fully saturated rings. The molecule has 1 aliphatic carbocycles. The number of hydrogen-bond donors (Lipinski definition) is 1. The number of rotatable bonds is 7. The van der Waals surface area contributed by atoms with Crippen molar-refractivity contribution >= 4 is 0 Å². The van der Waals surface area contributed by atoms with Crippen molar-refractivity contribution in [2.45, 2.75) is 44.7 Å². The van der Waals surface area contributed by atoms with E-state index in [9.17, 15) is 0 Å². The first kappa shape index (κ1) is 15.3. The normalized spacial score (nSPS) is 22.6. The minimum absolute atomic E-state index is 0.523. The Kier molecular flexibility index (Phi) is 5.43. The Morgan fingerprint density at radius 3 is 2.90 bits per heavy atom. The van der Waals surface area contributed by atoms with Crippen LogP contribution in [0, 0.1) is 0 Å². The van der Waals surface area contributed by atoms with Gasteiger partial charge in [-0.2, -0.15) is 5.10 Å². The number of hydrogen-bond acceptors (Lipinski definition) is 4. The van der Waals surface area contributed by atoms with Crippen LogP contribution in [0.25, 0.3) is 0 Å². The molecule has 1 N–H and O–H groups in total. The van der Waals surface area contributed by atoms with E-state index in [1.54, 1.807) is 7.11 Å². The van der Waals surface area contributed by atoms with Crippen LogP contribution in [0.1, 0.15) is 37.8 Å². The molecule has 0 amide bonds. The summed E-state index contributed by atoms with van der Waals surface area (Å²) in [5.74, 6) is 1.47. The molecule has 0 aliphatic heterocycles. The summed E-state index contributed by atoms with van der Waals surface area (Å²) in [5.41, 5.74) is 1.28. The summed E-state index contributed by atoms with van der Waals surface area (Å²) in [6, 6.07) is 0.559. The zero-order chi connectivity index (χ0) is 14.5. The summed E-state index contributed by atoms with van der Waals surface area (Å²) in [6.45, 7) is 5.11. The largest absolute Gasteiger partial charge is 0.493 e. The van der Waals surface area contributed by atoms with Gasteiger partial charge in [-0.05, 0) is 33.5 Å². The molecule has 5 heteroatoms. The van der Waals surface area contributed by atoms with Crippen molar-refractivity contribution in [3.8, 4) is 5.75 Å².